The maximum absolute atomic E-state index is 2.53. The van der Waals surface area contributed by atoms with E-state index in [2.05, 4.69) is 33.9 Å². The molecule has 0 aromatic carbocycles. The molecule has 0 atom stereocenters. The predicted molar refractivity (Wildman–Crippen MR) is 48.9 cm³/mol. The molecular weight excluding hydrogens is 225 g/mol. The van der Waals surface area contributed by atoms with Crippen LogP contribution in [0, 0.1) is 6.42 Å². The van der Waals surface area contributed by atoms with Crippen LogP contribution in [0.3, 0.4) is 0 Å². The van der Waals surface area contributed by atoms with Crippen LogP contribution in [0.25, 0.3) is 0 Å². The Morgan fingerprint density at radius 2 is 2.00 bits per heavy atom. The van der Waals surface area contributed by atoms with E-state index in [0.29, 0.717) is 0 Å². The number of hydrogen-bond donors (Lipinski definition) is 0. The number of halogens is 1. The Balaban J connectivity index is 2.08. The lowest BCUT2D eigenvalue weighted by Crippen LogP contribution is -2.31. The van der Waals surface area contributed by atoms with Gasteiger partial charge in [0.15, 0.2) is 0 Å². The van der Waals surface area contributed by atoms with Gasteiger partial charge < -0.3 is 11.3 Å². The molecule has 1 saturated heterocycles. The van der Waals surface area contributed by atoms with Gasteiger partial charge in [0, 0.05) is 11.0 Å². The average molecular weight is 238 g/mol. The molecule has 1 rings (SSSR count). The summed E-state index contributed by atoms with van der Waals surface area (Å²) in [6.45, 7) is 3.88. The highest BCUT2D eigenvalue weighted by atomic mass is 127. The van der Waals surface area contributed by atoms with E-state index in [4.69, 9.17) is 0 Å². The smallest absolute Gasteiger partial charge is 0.0123 e. The van der Waals surface area contributed by atoms with E-state index < -0.39 is 0 Å². The average Bonchev–Trinajstić information content (AvgIpc) is 1.91. The predicted octanol–water partition coefficient (Wildman–Crippen LogP) is 1.72. The summed E-state index contributed by atoms with van der Waals surface area (Å²) in [4.78, 5) is 2.53. The number of rotatable bonds is 2. The first-order valence-electron chi connectivity index (χ1n) is 3.53. The van der Waals surface area contributed by atoms with Crippen LogP contribution in [0.15, 0.2) is 0 Å². The van der Waals surface area contributed by atoms with Crippen molar-refractivity contribution in [3.05, 3.63) is 6.42 Å². The Morgan fingerprint density at radius 1 is 1.33 bits per heavy atom. The van der Waals surface area contributed by atoms with Crippen LogP contribution in [0.5, 0.6) is 0 Å². The monoisotopic (exact) mass is 238 g/mol. The third-order valence-corrected chi connectivity index (χ3v) is 2.18. The standard InChI is InChI=1S/C7H13IN/c8-4-7-9-5-2-1-3-6-9/h1H,2-7H2/q-1. The maximum atomic E-state index is 2.53. The molecule has 1 aliphatic rings. The van der Waals surface area contributed by atoms with Crippen molar-refractivity contribution in [2.24, 2.45) is 0 Å². The molecular formula is C7H13IN-. The summed E-state index contributed by atoms with van der Waals surface area (Å²) in [5, 5.41) is 0. The van der Waals surface area contributed by atoms with Crippen LogP contribution in [0.4, 0.5) is 0 Å². The Bertz CT molecular complexity index is 66.6. The fourth-order valence-corrected chi connectivity index (χ4v) is 1.83. The zero-order chi connectivity index (χ0) is 6.53. The van der Waals surface area contributed by atoms with Gasteiger partial charge in [-0.15, -0.1) is 0 Å². The Kier molecular flexibility index (Phi) is 3.89. The molecule has 0 N–H and O–H groups in total. The highest BCUT2D eigenvalue weighted by Gasteiger charge is 2.01. The molecule has 0 saturated carbocycles. The highest BCUT2D eigenvalue weighted by Crippen LogP contribution is 2.06. The molecule has 1 aliphatic heterocycles. The lowest BCUT2D eigenvalue weighted by molar-refractivity contribution is 0.271. The van der Waals surface area contributed by atoms with Gasteiger partial charge in [-0.25, -0.2) is 0 Å². The maximum Gasteiger partial charge on any atom is 0.0123 e. The van der Waals surface area contributed by atoms with Crippen molar-refractivity contribution >= 4 is 22.6 Å². The zero-order valence-electron chi connectivity index (χ0n) is 5.65. The molecule has 0 bridgehead atoms. The first-order valence-corrected chi connectivity index (χ1v) is 5.06. The number of alkyl halides is 1. The van der Waals surface area contributed by atoms with Crippen molar-refractivity contribution in [3.63, 3.8) is 0 Å². The summed E-state index contributed by atoms with van der Waals surface area (Å²) < 4.78 is 1.28. The normalized spacial score (nSPS) is 22.3. The fourth-order valence-electron chi connectivity index (χ4n) is 1.15. The van der Waals surface area contributed by atoms with Gasteiger partial charge in [-0.05, 0) is 13.1 Å². The molecule has 0 amide bonds. The van der Waals surface area contributed by atoms with Gasteiger partial charge in [-0.2, -0.15) is 12.8 Å². The van der Waals surface area contributed by atoms with Crippen molar-refractivity contribution in [3.8, 4) is 0 Å². The highest BCUT2D eigenvalue weighted by molar-refractivity contribution is 14.1. The van der Waals surface area contributed by atoms with E-state index in [-0.39, 0.29) is 0 Å². The van der Waals surface area contributed by atoms with E-state index in [9.17, 15) is 0 Å². The minimum Gasteiger partial charge on any atom is -0.326 e. The Morgan fingerprint density at radius 3 is 2.56 bits per heavy atom. The van der Waals surface area contributed by atoms with Crippen LogP contribution in [-0.4, -0.2) is 29.0 Å². The van der Waals surface area contributed by atoms with Gasteiger partial charge in [0.2, 0.25) is 0 Å². The lowest BCUT2D eigenvalue weighted by Gasteiger charge is -2.31. The van der Waals surface area contributed by atoms with Crippen molar-refractivity contribution in [1.82, 2.24) is 4.90 Å². The van der Waals surface area contributed by atoms with Gasteiger partial charge in [0.1, 0.15) is 0 Å². The SMILES string of the molecule is ICCN1CC[CH-]CC1. The van der Waals surface area contributed by atoms with Crippen LogP contribution in [0.1, 0.15) is 12.8 Å². The number of likely N-dealkylation sites (tertiary alicyclic amines) is 1. The van der Waals surface area contributed by atoms with E-state index >= 15 is 0 Å². The first-order chi connectivity index (χ1) is 4.43. The second-order valence-electron chi connectivity index (χ2n) is 2.40. The Hall–Kier alpha value is 0.690. The second-order valence-corrected chi connectivity index (χ2v) is 3.48. The van der Waals surface area contributed by atoms with Gasteiger partial charge in [0.25, 0.3) is 0 Å². The van der Waals surface area contributed by atoms with Crippen LogP contribution < -0.4 is 0 Å². The number of nitrogens with zero attached hydrogens (tertiary/aromatic N) is 1. The molecule has 0 unspecified atom stereocenters. The molecule has 1 fully saturated rings. The minimum atomic E-state index is 1.28. The zero-order valence-corrected chi connectivity index (χ0v) is 7.80. The van der Waals surface area contributed by atoms with Gasteiger partial charge in [-0.1, -0.05) is 22.6 Å². The molecule has 54 valence electrons. The van der Waals surface area contributed by atoms with Gasteiger partial charge in [-0.3, -0.25) is 0 Å². The summed E-state index contributed by atoms with van der Waals surface area (Å²) >= 11 is 2.44. The van der Waals surface area contributed by atoms with E-state index in [1.54, 1.807) is 0 Å². The second kappa shape index (κ2) is 4.50. The molecule has 1 nitrogen and oxygen atoms in total. The van der Waals surface area contributed by atoms with Crippen LogP contribution in [0.2, 0.25) is 0 Å². The number of piperidine rings is 1. The van der Waals surface area contributed by atoms with E-state index in [0.717, 1.165) is 0 Å². The number of hydrogen-bond acceptors (Lipinski definition) is 1. The van der Waals surface area contributed by atoms with Crippen LogP contribution in [-0.2, 0) is 0 Å². The molecule has 0 aromatic rings. The summed E-state index contributed by atoms with van der Waals surface area (Å²) in [7, 11) is 0. The molecule has 1 heterocycles. The van der Waals surface area contributed by atoms with E-state index in [1.165, 1.54) is 36.9 Å². The largest absolute Gasteiger partial charge is 0.326 e. The van der Waals surface area contributed by atoms with Gasteiger partial charge in [0.05, 0.1) is 0 Å². The third-order valence-electron chi connectivity index (χ3n) is 1.70. The fraction of sp³-hybridized carbons (Fsp3) is 0.857. The molecule has 0 radical (unpaired) electrons. The topological polar surface area (TPSA) is 3.24 Å². The first kappa shape index (κ1) is 7.79. The minimum absolute atomic E-state index is 1.28. The van der Waals surface area contributed by atoms with Gasteiger partial charge >= 0.3 is 0 Å². The quantitative estimate of drug-likeness (QED) is 0.402. The molecule has 0 spiro atoms. The molecule has 2 heteroatoms. The summed E-state index contributed by atoms with van der Waals surface area (Å²) in [5.41, 5.74) is 0. The summed E-state index contributed by atoms with van der Waals surface area (Å²) in [6, 6.07) is 0. The van der Waals surface area contributed by atoms with Crippen molar-refractivity contribution in [2.75, 3.05) is 24.1 Å². The van der Waals surface area contributed by atoms with Crippen molar-refractivity contribution in [1.29, 1.82) is 0 Å². The van der Waals surface area contributed by atoms with Crippen molar-refractivity contribution < 1.29 is 0 Å². The van der Waals surface area contributed by atoms with Crippen molar-refractivity contribution in [2.45, 2.75) is 12.8 Å². The van der Waals surface area contributed by atoms with Crippen LogP contribution >= 0.6 is 22.6 Å². The lowest BCUT2D eigenvalue weighted by atomic mass is 10.1. The molecule has 0 aromatic heterocycles. The summed E-state index contributed by atoms with van der Waals surface area (Å²) in [5.74, 6) is 0. The third kappa shape index (κ3) is 2.85. The molecule has 0 aliphatic carbocycles. The summed E-state index contributed by atoms with van der Waals surface area (Å²) in [6.07, 6.45) is 5.00. The Labute approximate surface area is 70.9 Å². The van der Waals surface area contributed by atoms with E-state index in [1.807, 2.05) is 0 Å². The molecule has 9 heavy (non-hydrogen) atoms.